The molecule has 6 heteroatoms. The number of hydrogen-bond donors (Lipinski definition) is 2. The van der Waals surface area contributed by atoms with Gasteiger partial charge in [-0.1, -0.05) is 0 Å². The van der Waals surface area contributed by atoms with Gasteiger partial charge in [-0.2, -0.15) is 0 Å². The van der Waals surface area contributed by atoms with E-state index in [1.165, 1.54) is 4.88 Å². The molecule has 106 valence electrons. The molecule has 2 amide bonds. The zero-order chi connectivity index (χ0) is 13.7. The Bertz CT molecular complexity index is 408. The third-order valence-corrected chi connectivity index (χ3v) is 4.34. The molecule has 2 heterocycles. The highest BCUT2D eigenvalue weighted by Crippen LogP contribution is 2.16. The zero-order valence-electron chi connectivity index (χ0n) is 11.5. The first kappa shape index (κ1) is 14.3. The van der Waals surface area contributed by atoms with Crippen molar-refractivity contribution in [2.45, 2.75) is 39.2 Å². The van der Waals surface area contributed by atoms with Gasteiger partial charge < -0.3 is 15.4 Å². The number of thiazole rings is 1. The van der Waals surface area contributed by atoms with Crippen LogP contribution in [0.15, 0.2) is 0 Å². The van der Waals surface area contributed by atoms with Crippen LogP contribution in [0.25, 0.3) is 0 Å². The number of aromatic nitrogens is 1. The van der Waals surface area contributed by atoms with E-state index in [4.69, 9.17) is 4.74 Å². The summed E-state index contributed by atoms with van der Waals surface area (Å²) in [4.78, 5) is 17.3. The van der Waals surface area contributed by atoms with E-state index in [2.05, 4.69) is 22.5 Å². The minimum atomic E-state index is -0.125. The van der Waals surface area contributed by atoms with E-state index in [1.54, 1.807) is 11.3 Å². The number of carbonyl (C=O) groups is 1. The Kier molecular flexibility index (Phi) is 5.15. The van der Waals surface area contributed by atoms with Crippen LogP contribution in [0.4, 0.5) is 4.79 Å². The van der Waals surface area contributed by atoms with Crippen LogP contribution in [0, 0.1) is 13.8 Å². The minimum Gasteiger partial charge on any atom is -0.376 e. The molecule has 0 aromatic carbocycles. The summed E-state index contributed by atoms with van der Waals surface area (Å²) in [6, 6.07) is -0.125. The average Bonchev–Trinajstić information content (AvgIpc) is 2.98. The summed E-state index contributed by atoms with van der Waals surface area (Å²) >= 11 is 1.70. The lowest BCUT2D eigenvalue weighted by Gasteiger charge is -2.11. The normalized spacial score (nSPS) is 18.5. The molecule has 0 bridgehead atoms. The molecule has 2 rings (SSSR count). The Morgan fingerprint density at radius 3 is 2.95 bits per heavy atom. The Labute approximate surface area is 117 Å². The number of nitrogens with zero attached hydrogens (tertiary/aromatic N) is 1. The molecule has 2 N–H and O–H groups in total. The third-order valence-electron chi connectivity index (χ3n) is 3.21. The molecule has 0 spiro atoms. The van der Waals surface area contributed by atoms with E-state index in [1.807, 2.05) is 6.92 Å². The van der Waals surface area contributed by atoms with Gasteiger partial charge in [0.25, 0.3) is 0 Å². The first-order valence-corrected chi connectivity index (χ1v) is 7.53. The van der Waals surface area contributed by atoms with E-state index in [0.29, 0.717) is 13.1 Å². The molecule has 1 aromatic rings. The summed E-state index contributed by atoms with van der Waals surface area (Å²) in [5.74, 6) is 0. The molecular weight excluding hydrogens is 262 g/mol. The number of aryl methyl sites for hydroxylation is 2. The van der Waals surface area contributed by atoms with Gasteiger partial charge in [-0.3, -0.25) is 0 Å². The van der Waals surface area contributed by atoms with E-state index < -0.39 is 0 Å². The van der Waals surface area contributed by atoms with Crippen LogP contribution in [-0.4, -0.2) is 36.8 Å². The van der Waals surface area contributed by atoms with Crippen molar-refractivity contribution in [2.24, 2.45) is 0 Å². The summed E-state index contributed by atoms with van der Waals surface area (Å²) in [5, 5.41) is 6.76. The standard InChI is InChI=1S/C13H21N3O2S/c1-9-10(2)19-12(16-9)5-6-14-13(17)15-8-11-4-3-7-18-11/h11H,3-8H2,1-2H3,(H2,14,15,17)/t11-/m1/s1. The van der Waals surface area contributed by atoms with Crippen LogP contribution in [0.2, 0.25) is 0 Å². The summed E-state index contributed by atoms with van der Waals surface area (Å²) in [6.45, 7) is 6.11. The molecule has 19 heavy (non-hydrogen) atoms. The highest BCUT2D eigenvalue weighted by molar-refractivity contribution is 7.11. The average molecular weight is 283 g/mol. The van der Waals surface area contributed by atoms with Gasteiger partial charge in [-0.25, -0.2) is 9.78 Å². The van der Waals surface area contributed by atoms with E-state index in [9.17, 15) is 4.79 Å². The Morgan fingerprint density at radius 2 is 2.32 bits per heavy atom. The maximum absolute atomic E-state index is 11.6. The first-order valence-electron chi connectivity index (χ1n) is 6.71. The number of nitrogens with one attached hydrogen (secondary N) is 2. The molecular formula is C13H21N3O2S. The Morgan fingerprint density at radius 1 is 1.47 bits per heavy atom. The van der Waals surface area contributed by atoms with Crippen LogP contribution >= 0.6 is 11.3 Å². The van der Waals surface area contributed by atoms with Crippen molar-refractivity contribution in [3.05, 3.63) is 15.6 Å². The monoisotopic (exact) mass is 283 g/mol. The summed E-state index contributed by atoms with van der Waals surface area (Å²) in [5.41, 5.74) is 1.09. The van der Waals surface area contributed by atoms with Crippen molar-refractivity contribution in [3.63, 3.8) is 0 Å². The lowest BCUT2D eigenvalue weighted by Crippen LogP contribution is -2.40. The quantitative estimate of drug-likeness (QED) is 0.866. The number of urea groups is 1. The van der Waals surface area contributed by atoms with Gasteiger partial charge in [-0.15, -0.1) is 11.3 Å². The molecule has 1 aliphatic heterocycles. The van der Waals surface area contributed by atoms with Gasteiger partial charge in [0, 0.05) is 31.0 Å². The van der Waals surface area contributed by atoms with Crippen LogP contribution in [-0.2, 0) is 11.2 Å². The first-order chi connectivity index (χ1) is 9.15. The van der Waals surface area contributed by atoms with Gasteiger partial charge >= 0.3 is 6.03 Å². The fourth-order valence-electron chi connectivity index (χ4n) is 2.00. The lowest BCUT2D eigenvalue weighted by atomic mass is 10.2. The largest absolute Gasteiger partial charge is 0.376 e. The highest BCUT2D eigenvalue weighted by Gasteiger charge is 2.15. The molecule has 0 unspecified atom stereocenters. The molecule has 1 aromatic heterocycles. The molecule has 0 radical (unpaired) electrons. The molecule has 0 aliphatic carbocycles. The number of ether oxygens (including phenoxy) is 1. The highest BCUT2D eigenvalue weighted by atomic mass is 32.1. The van der Waals surface area contributed by atoms with Gasteiger partial charge in [0.2, 0.25) is 0 Å². The fourth-order valence-corrected chi connectivity index (χ4v) is 2.94. The summed E-state index contributed by atoms with van der Waals surface area (Å²) in [7, 11) is 0. The van der Waals surface area contributed by atoms with Gasteiger partial charge in [0.05, 0.1) is 16.8 Å². The van der Waals surface area contributed by atoms with Crippen LogP contribution in [0.5, 0.6) is 0 Å². The second kappa shape index (κ2) is 6.86. The Balaban J connectivity index is 1.60. The topological polar surface area (TPSA) is 63.2 Å². The maximum Gasteiger partial charge on any atom is 0.314 e. The summed E-state index contributed by atoms with van der Waals surface area (Å²) in [6.07, 6.45) is 3.11. The second-order valence-electron chi connectivity index (χ2n) is 4.77. The maximum atomic E-state index is 11.6. The second-order valence-corrected chi connectivity index (χ2v) is 6.06. The predicted octanol–water partition coefficient (Wildman–Crippen LogP) is 1.78. The smallest absolute Gasteiger partial charge is 0.314 e. The van der Waals surface area contributed by atoms with E-state index in [0.717, 1.165) is 36.6 Å². The van der Waals surface area contributed by atoms with Crippen LogP contribution in [0.3, 0.4) is 0 Å². The molecule has 0 saturated carbocycles. The Hall–Kier alpha value is -1.14. The predicted molar refractivity (Wildman–Crippen MR) is 75.7 cm³/mol. The van der Waals surface area contributed by atoms with Crippen molar-refractivity contribution in [1.29, 1.82) is 0 Å². The number of rotatable bonds is 5. The fraction of sp³-hybridized carbons (Fsp3) is 0.692. The SMILES string of the molecule is Cc1nc(CCNC(=O)NC[C@H]2CCCO2)sc1C. The molecule has 1 fully saturated rings. The third kappa shape index (κ3) is 4.47. The summed E-state index contributed by atoms with van der Waals surface area (Å²) < 4.78 is 5.44. The van der Waals surface area contributed by atoms with Crippen molar-refractivity contribution < 1.29 is 9.53 Å². The van der Waals surface area contributed by atoms with E-state index >= 15 is 0 Å². The minimum absolute atomic E-state index is 0.125. The van der Waals surface area contributed by atoms with Crippen molar-refractivity contribution in [3.8, 4) is 0 Å². The van der Waals surface area contributed by atoms with E-state index in [-0.39, 0.29) is 12.1 Å². The van der Waals surface area contributed by atoms with Crippen molar-refractivity contribution in [1.82, 2.24) is 15.6 Å². The van der Waals surface area contributed by atoms with Crippen LogP contribution < -0.4 is 10.6 Å². The van der Waals surface area contributed by atoms with Crippen molar-refractivity contribution >= 4 is 17.4 Å². The lowest BCUT2D eigenvalue weighted by molar-refractivity contribution is 0.111. The van der Waals surface area contributed by atoms with Crippen molar-refractivity contribution in [2.75, 3.05) is 19.7 Å². The van der Waals surface area contributed by atoms with Gasteiger partial charge in [-0.05, 0) is 26.7 Å². The zero-order valence-corrected chi connectivity index (χ0v) is 12.3. The number of hydrogen-bond acceptors (Lipinski definition) is 4. The molecule has 1 aliphatic rings. The van der Waals surface area contributed by atoms with Gasteiger partial charge in [0.15, 0.2) is 0 Å². The molecule has 1 saturated heterocycles. The number of amides is 2. The van der Waals surface area contributed by atoms with Gasteiger partial charge in [0.1, 0.15) is 0 Å². The molecule has 1 atom stereocenters. The number of carbonyl (C=O) groups excluding carboxylic acids is 1. The van der Waals surface area contributed by atoms with Crippen LogP contribution in [0.1, 0.15) is 28.4 Å². The molecule has 5 nitrogen and oxygen atoms in total.